The first kappa shape index (κ1) is 15.4. The minimum atomic E-state index is -0.407. The zero-order valence-corrected chi connectivity index (χ0v) is 12.3. The Bertz CT molecular complexity index is 696. The van der Waals surface area contributed by atoms with E-state index < -0.39 is 5.97 Å². The monoisotopic (exact) mass is 300 g/mol. The van der Waals surface area contributed by atoms with Gasteiger partial charge < -0.3 is 20.5 Å². The minimum Gasteiger partial charge on any atom is -0.465 e. The topological polar surface area (TPSA) is 90.6 Å². The van der Waals surface area contributed by atoms with Crippen LogP contribution in [-0.2, 0) is 9.53 Å². The molecule has 2 rings (SSSR count). The summed E-state index contributed by atoms with van der Waals surface area (Å²) >= 11 is 0. The third kappa shape index (κ3) is 3.76. The number of nitrogen functional groups attached to an aromatic ring is 1. The van der Waals surface area contributed by atoms with Gasteiger partial charge in [0.05, 0.1) is 24.0 Å². The molecule has 0 atom stereocenters. The Morgan fingerprint density at radius 3 is 2.23 bits per heavy atom. The Morgan fingerprint density at radius 2 is 1.68 bits per heavy atom. The maximum atomic E-state index is 11.3. The molecule has 3 N–H and O–H groups in total. The highest BCUT2D eigenvalue weighted by Gasteiger charge is 2.07. The van der Waals surface area contributed by atoms with Crippen LogP contribution in [-0.4, -0.2) is 19.0 Å². The van der Waals surface area contributed by atoms with E-state index in [1.807, 2.05) is 0 Å². The number of ether oxygens (including phenoxy) is 2. The number of amides is 1. The largest absolute Gasteiger partial charge is 0.465 e. The Hall–Kier alpha value is -3.02. The van der Waals surface area contributed by atoms with E-state index in [4.69, 9.17) is 10.5 Å². The molecule has 0 saturated carbocycles. The van der Waals surface area contributed by atoms with E-state index in [2.05, 4.69) is 10.1 Å². The highest BCUT2D eigenvalue weighted by molar-refractivity contribution is 5.92. The van der Waals surface area contributed by atoms with Gasteiger partial charge in [-0.3, -0.25) is 4.79 Å². The number of carbonyl (C=O) groups is 2. The molecule has 1 amide bonds. The number of carbonyl (C=O) groups excluding carboxylic acids is 2. The summed E-state index contributed by atoms with van der Waals surface area (Å²) in [6.07, 6.45) is 0. The highest BCUT2D eigenvalue weighted by Crippen LogP contribution is 2.28. The maximum absolute atomic E-state index is 11.3. The lowest BCUT2D eigenvalue weighted by atomic mass is 10.2. The van der Waals surface area contributed by atoms with Gasteiger partial charge in [0.15, 0.2) is 0 Å². The van der Waals surface area contributed by atoms with Crippen LogP contribution in [0.3, 0.4) is 0 Å². The van der Waals surface area contributed by atoms with Gasteiger partial charge in [-0.1, -0.05) is 0 Å². The fraction of sp³-hybridized carbons (Fsp3) is 0.125. The van der Waals surface area contributed by atoms with E-state index in [-0.39, 0.29) is 5.91 Å². The van der Waals surface area contributed by atoms with Crippen LogP contribution in [0.1, 0.15) is 17.3 Å². The molecule has 22 heavy (non-hydrogen) atoms. The van der Waals surface area contributed by atoms with Crippen molar-refractivity contribution < 1.29 is 19.1 Å². The van der Waals surface area contributed by atoms with Crippen LogP contribution in [0.15, 0.2) is 42.5 Å². The standard InChI is InChI=1S/C16H16N2O4/c1-10(19)18-15-8-7-13(9-14(15)17)22-12-5-3-11(4-6-12)16(20)21-2/h3-9H,17H2,1-2H3,(H,18,19). The highest BCUT2D eigenvalue weighted by atomic mass is 16.5. The minimum absolute atomic E-state index is 0.196. The molecule has 2 aromatic carbocycles. The zero-order chi connectivity index (χ0) is 16.1. The van der Waals surface area contributed by atoms with Crippen molar-refractivity contribution in [3.05, 3.63) is 48.0 Å². The molecule has 0 heterocycles. The van der Waals surface area contributed by atoms with Crippen molar-refractivity contribution in [2.45, 2.75) is 6.92 Å². The summed E-state index contributed by atoms with van der Waals surface area (Å²) in [6, 6.07) is 11.5. The van der Waals surface area contributed by atoms with E-state index in [9.17, 15) is 9.59 Å². The molecule has 0 unspecified atom stereocenters. The van der Waals surface area contributed by atoms with Crippen molar-refractivity contribution in [2.24, 2.45) is 0 Å². The van der Waals surface area contributed by atoms with E-state index in [1.54, 1.807) is 42.5 Å². The maximum Gasteiger partial charge on any atom is 0.337 e. The van der Waals surface area contributed by atoms with Gasteiger partial charge in [-0.25, -0.2) is 4.79 Å². The van der Waals surface area contributed by atoms with Crippen molar-refractivity contribution >= 4 is 23.3 Å². The predicted octanol–water partition coefficient (Wildman–Crippen LogP) is 2.81. The lowest BCUT2D eigenvalue weighted by molar-refractivity contribution is -0.114. The summed E-state index contributed by atoms with van der Waals surface area (Å²) in [4.78, 5) is 22.4. The summed E-state index contributed by atoms with van der Waals surface area (Å²) in [6.45, 7) is 1.41. The normalized spacial score (nSPS) is 9.91. The zero-order valence-electron chi connectivity index (χ0n) is 12.3. The average molecular weight is 300 g/mol. The molecule has 0 aromatic heterocycles. The van der Waals surface area contributed by atoms with E-state index in [0.717, 1.165) is 0 Å². The molecular formula is C16H16N2O4. The molecule has 0 spiro atoms. The lowest BCUT2D eigenvalue weighted by Crippen LogP contribution is -2.07. The number of nitrogens with two attached hydrogens (primary N) is 1. The Labute approximate surface area is 127 Å². The molecule has 114 valence electrons. The summed E-state index contributed by atoms with van der Waals surface area (Å²) in [5.41, 5.74) is 7.22. The molecule has 0 bridgehead atoms. The van der Waals surface area contributed by atoms with Gasteiger partial charge >= 0.3 is 5.97 Å². The third-order valence-corrected chi connectivity index (χ3v) is 2.84. The molecule has 6 heteroatoms. The van der Waals surface area contributed by atoms with Crippen LogP contribution in [0.2, 0.25) is 0 Å². The van der Waals surface area contributed by atoms with Gasteiger partial charge in [0.2, 0.25) is 5.91 Å². The lowest BCUT2D eigenvalue weighted by Gasteiger charge is -2.10. The Morgan fingerprint density at radius 1 is 1.05 bits per heavy atom. The van der Waals surface area contributed by atoms with Crippen molar-refractivity contribution in [3.8, 4) is 11.5 Å². The van der Waals surface area contributed by atoms with Crippen LogP contribution in [0.4, 0.5) is 11.4 Å². The molecule has 0 saturated heterocycles. The predicted molar refractivity (Wildman–Crippen MR) is 83.0 cm³/mol. The van der Waals surface area contributed by atoms with Crippen molar-refractivity contribution in [2.75, 3.05) is 18.2 Å². The van der Waals surface area contributed by atoms with Crippen molar-refractivity contribution in [3.63, 3.8) is 0 Å². The molecule has 6 nitrogen and oxygen atoms in total. The van der Waals surface area contributed by atoms with Crippen LogP contribution in [0.25, 0.3) is 0 Å². The van der Waals surface area contributed by atoms with Gasteiger partial charge in [0.25, 0.3) is 0 Å². The van der Waals surface area contributed by atoms with Crippen molar-refractivity contribution in [1.29, 1.82) is 0 Å². The SMILES string of the molecule is COC(=O)c1ccc(Oc2ccc(NC(C)=O)c(N)c2)cc1. The Balaban J connectivity index is 2.12. The molecule has 2 aromatic rings. The molecule has 0 aliphatic rings. The summed E-state index contributed by atoms with van der Waals surface area (Å²) in [7, 11) is 1.33. The Kier molecular flexibility index (Phi) is 4.63. The number of benzene rings is 2. The average Bonchev–Trinajstić information content (AvgIpc) is 2.49. The molecule has 0 aliphatic carbocycles. The fourth-order valence-corrected chi connectivity index (χ4v) is 1.82. The number of hydrogen-bond acceptors (Lipinski definition) is 5. The first-order chi connectivity index (χ1) is 10.5. The first-order valence-corrected chi connectivity index (χ1v) is 6.53. The number of nitrogens with one attached hydrogen (secondary N) is 1. The van der Waals surface area contributed by atoms with Crippen molar-refractivity contribution in [1.82, 2.24) is 0 Å². The van der Waals surface area contributed by atoms with E-state index in [0.29, 0.717) is 28.4 Å². The molecular weight excluding hydrogens is 284 g/mol. The van der Waals surface area contributed by atoms with Gasteiger partial charge in [-0.2, -0.15) is 0 Å². The molecule has 0 fully saturated rings. The van der Waals surface area contributed by atoms with Gasteiger partial charge in [-0.05, 0) is 36.4 Å². The van der Waals surface area contributed by atoms with Gasteiger partial charge in [-0.15, -0.1) is 0 Å². The number of hydrogen-bond donors (Lipinski definition) is 2. The quantitative estimate of drug-likeness (QED) is 0.669. The summed E-state index contributed by atoms with van der Waals surface area (Å²) < 4.78 is 10.3. The number of anilines is 2. The number of rotatable bonds is 4. The van der Waals surface area contributed by atoms with Gasteiger partial charge in [0, 0.05) is 13.0 Å². The fourth-order valence-electron chi connectivity index (χ4n) is 1.82. The second-order valence-corrected chi connectivity index (χ2v) is 4.55. The van der Waals surface area contributed by atoms with Crippen LogP contribution < -0.4 is 15.8 Å². The number of methoxy groups -OCH3 is 1. The first-order valence-electron chi connectivity index (χ1n) is 6.53. The third-order valence-electron chi connectivity index (χ3n) is 2.84. The molecule has 0 radical (unpaired) electrons. The smallest absolute Gasteiger partial charge is 0.337 e. The van der Waals surface area contributed by atoms with Crippen LogP contribution in [0, 0.1) is 0 Å². The van der Waals surface area contributed by atoms with Gasteiger partial charge in [0.1, 0.15) is 11.5 Å². The van der Waals surface area contributed by atoms with E-state index in [1.165, 1.54) is 14.0 Å². The second-order valence-electron chi connectivity index (χ2n) is 4.55. The van der Waals surface area contributed by atoms with Crippen LogP contribution >= 0.6 is 0 Å². The summed E-state index contributed by atoms with van der Waals surface area (Å²) in [5.74, 6) is 0.478. The second kappa shape index (κ2) is 6.62. The number of esters is 1. The summed E-state index contributed by atoms with van der Waals surface area (Å²) in [5, 5.41) is 2.62. The van der Waals surface area contributed by atoms with E-state index >= 15 is 0 Å². The van der Waals surface area contributed by atoms with Crippen LogP contribution in [0.5, 0.6) is 11.5 Å². The molecule has 0 aliphatic heterocycles.